The molecule has 2 unspecified atom stereocenters. The molecule has 12 nitrogen and oxygen atoms in total. The van der Waals surface area contributed by atoms with Crippen molar-refractivity contribution < 1.29 is 9.90 Å². The van der Waals surface area contributed by atoms with Gasteiger partial charge in [0.05, 0.1) is 35.5 Å². The highest BCUT2D eigenvalue weighted by Crippen LogP contribution is 2.31. The lowest BCUT2D eigenvalue weighted by molar-refractivity contribution is 0.106. The first-order valence-electron chi connectivity index (χ1n) is 11.8. The number of rotatable bonds is 5. The fraction of sp³-hybridized carbons (Fsp3) is 0.375. The summed E-state index contributed by atoms with van der Waals surface area (Å²) in [7, 11) is 0. The topological polar surface area (TPSA) is 151 Å². The number of nitrogens with zero attached hydrogens (tertiary/aromatic N) is 9. The highest BCUT2D eigenvalue weighted by Gasteiger charge is 2.31. The van der Waals surface area contributed by atoms with E-state index in [-0.39, 0.29) is 18.0 Å². The molecule has 5 rings (SSSR count). The van der Waals surface area contributed by atoms with Crippen LogP contribution in [0.1, 0.15) is 50.8 Å². The van der Waals surface area contributed by atoms with Crippen molar-refractivity contribution in [2.45, 2.75) is 51.6 Å². The van der Waals surface area contributed by atoms with Crippen molar-refractivity contribution in [1.82, 2.24) is 39.6 Å². The maximum Gasteiger partial charge on any atom is 0.407 e. The molecule has 1 saturated heterocycles. The quantitative estimate of drug-likeness (QED) is 0.433. The van der Waals surface area contributed by atoms with Crippen LogP contribution in [0.4, 0.5) is 10.5 Å². The number of likely N-dealkylation sites (tertiary alicyclic amines) is 1. The Morgan fingerprint density at radius 2 is 2.08 bits per heavy atom. The summed E-state index contributed by atoms with van der Waals surface area (Å²) in [5.41, 5.74) is 3.45. The predicted octanol–water partition coefficient (Wildman–Crippen LogP) is 3.33. The van der Waals surface area contributed by atoms with Gasteiger partial charge >= 0.3 is 6.09 Å². The van der Waals surface area contributed by atoms with Crippen molar-refractivity contribution in [2.24, 2.45) is 0 Å². The molecule has 1 fully saturated rings. The molecule has 5 heterocycles. The van der Waals surface area contributed by atoms with Crippen LogP contribution >= 0.6 is 0 Å². The summed E-state index contributed by atoms with van der Waals surface area (Å²) in [5.74, 6) is 0.710. The van der Waals surface area contributed by atoms with Gasteiger partial charge < -0.3 is 15.3 Å². The van der Waals surface area contributed by atoms with Gasteiger partial charge in [0, 0.05) is 42.2 Å². The van der Waals surface area contributed by atoms with E-state index in [9.17, 15) is 9.90 Å². The molecule has 0 saturated carbocycles. The van der Waals surface area contributed by atoms with E-state index in [4.69, 9.17) is 5.26 Å². The Morgan fingerprint density at radius 1 is 1.25 bits per heavy atom. The largest absolute Gasteiger partial charge is 0.465 e. The van der Waals surface area contributed by atoms with Gasteiger partial charge in [0.1, 0.15) is 11.8 Å². The molecule has 2 atom stereocenters. The number of nitriles is 1. The molecular formula is C24H26N10O2. The van der Waals surface area contributed by atoms with Crippen LogP contribution in [0.3, 0.4) is 0 Å². The number of nitrogens with one attached hydrogen (secondary N) is 1. The highest BCUT2D eigenvalue weighted by molar-refractivity contribution is 5.77. The van der Waals surface area contributed by atoms with E-state index >= 15 is 0 Å². The predicted molar refractivity (Wildman–Crippen MR) is 131 cm³/mol. The number of aromatic nitrogens is 7. The fourth-order valence-electron chi connectivity index (χ4n) is 4.62. The summed E-state index contributed by atoms with van der Waals surface area (Å²) in [5, 5.41) is 35.9. The van der Waals surface area contributed by atoms with E-state index in [2.05, 4.69) is 36.8 Å². The second-order valence-corrected chi connectivity index (χ2v) is 9.30. The molecule has 0 aliphatic carbocycles. The van der Waals surface area contributed by atoms with E-state index in [1.54, 1.807) is 27.8 Å². The van der Waals surface area contributed by atoms with Crippen LogP contribution < -0.4 is 5.32 Å². The summed E-state index contributed by atoms with van der Waals surface area (Å²) in [6.07, 6.45) is 7.30. The number of pyridine rings is 2. The molecule has 0 radical (unpaired) electrons. The minimum atomic E-state index is -0.883. The first-order valence-corrected chi connectivity index (χ1v) is 11.8. The molecule has 12 heteroatoms. The number of anilines is 1. The van der Waals surface area contributed by atoms with Gasteiger partial charge in [-0.05, 0) is 39.7 Å². The van der Waals surface area contributed by atoms with Crippen LogP contribution in [0.25, 0.3) is 22.5 Å². The Kier molecular flexibility index (Phi) is 5.97. The van der Waals surface area contributed by atoms with E-state index in [1.165, 1.54) is 11.1 Å². The Labute approximate surface area is 207 Å². The number of carboxylic acid groups (broad SMARTS) is 1. The average Bonchev–Trinajstić information content (AvgIpc) is 3.50. The standard InChI is InChI=1S/C24H26N10O2/c1-14(2)29-19-8-22(34-23-18(11-28-34)7-16(9-25)10-27-23)26-12-21(19)33-13-20(30-31-33)17-4-5-32(24(35)36)15(3)6-17/h7-8,10-15,17H,4-6H2,1-3H3,(H,26,29)(H,35,36). The van der Waals surface area contributed by atoms with Crippen LogP contribution in [-0.2, 0) is 0 Å². The smallest absolute Gasteiger partial charge is 0.407 e. The van der Waals surface area contributed by atoms with E-state index in [1.807, 2.05) is 33.0 Å². The minimum Gasteiger partial charge on any atom is -0.465 e. The summed E-state index contributed by atoms with van der Waals surface area (Å²) >= 11 is 0. The van der Waals surface area contributed by atoms with E-state index in [0.717, 1.165) is 22.5 Å². The Bertz CT molecular complexity index is 1470. The van der Waals surface area contributed by atoms with Gasteiger partial charge in [-0.2, -0.15) is 15.0 Å². The molecule has 1 amide bonds. The van der Waals surface area contributed by atoms with Crippen molar-refractivity contribution in [3.8, 4) is 17.6 Å². The Morgan fingerprint density at radius 3 is 2.81 bits per heavy atom. The number of hydrogen-bond acceptors (Lipinski definition) is 8. The monoisotopic (exact) mass is 486 g/mol. The van der Waals surface area contributed by atoms with Crippen LogP contribution in [0.2, 0.25) is 0 Å². The van der Waals surface area contributed by atoms with Gasteiger partial charge in [0.25, 0.3) is 0 Å². The number of piperidine rings is 1. The van der Waals surface area contributed by atoms with Crippen molar-refractivity contribution in [2.75, 3.05) is 11.9 Å². The zero-order valence-electron chi connectivity index (χ0n) is 20.2. The summed E-state index contributed by atoms with van der Waals surface area (Å²) in [6.45, 7) is 6.49. The zero-order chi connectivity index (χ0) is 25.4. The van der Waals surface area contributed by atoms with Crippen LogP contribution in [0.15, 0.2) is 36.9 Å². The van der Waals surface area contributed by atoms with Crippen molar-refractivity contribution in [3.05, 3.63) is 48.2 Å². The number of fused-ring (bicyclic) bond motifs is 1. The third kappa shape index (κ3) is 4.31. The second-order valence-electron chi connectivity index (χ2n) is 9.30. The first-order chi connectivity index (χ1) is 17.3. The minimum absolute atomic E-state index is 0.0766. The van der Waals surface area contributed by atoms with Gasteiger partial charge in [-0.3, -0.25) is 0 Å². The third-order valence-electron chi connectivity index (χ3n) is 6.36. The molecule has 2 N–H and O–H groups in total. The molecule has 4 aromatic heterocycles. The van der Waals surface area contributed by atoms with Crippen molar-refractivity contribution >= 4 is 22.8 Å². The number of hydrogen-bond donors (Lipinski definition) is 2. The van der Waals surface area contributed by atoms with Crippen molar-refractivity contribution in [3.63, 3.8) is 0 Å². The second kappa shape index (κ2) is 9.26. The van der Waals surface area contributed by atoms with Gasteiger partial charge in [-0.1, -0.05) is 5.21 Å². The van der Waals surface area contributed by atoms with Crippen LogP contribution in [-0.4, -0.2) is 69.5 Å². The highest BCUT2D eigenvalue weighted by atomic mass is 16.4. The maximum atomic E-state index is 11.4. The first kappa shape index (κ1) is 23.2. The average molecular weight is 487 g/mol. The number of carbonyl (C=O) groups is 1. The summed E-state index contributed by atoms with van der Waals surface area (Å²) in [4.78, 5) is 21.9. The SMILES string of the molecule is CC(C)Nc1cc(-n2ncc3cc(C#N)cnc32)ncc1-n1cc(C2CCN(C(=O)O)C(C)C2)nn1. The molecule has 0 spiro atoms. The molecule has 0 bridgehead atoms. The molecule has 0 aromatic carbocycles. The third-order valence-corrected chi connectivity index (χ3v) is 6.36. The van der Waals surface area contributed by atoms with Gasteiger partial charge in [0.15, 0.2) is 11.5 Å². The zero-order valence-corrected chi connectivity index (χ0v) is 20.2. The van der Waals surface area contributed by atoms with Crippen molar-refractivity contribution in [1.29, 1.82) is 5.26 Å². The normalized spacial score (nSPS) is 17.9. The van der Waals surface area contributed by atoms with Gasteiger partial charge in [0.2, 0.25) is 0 Å². The lowest BCUT2D eigenvalue weighted by Gasteiger charge is -2.34. The molecule has 4 aromatic rings. The van der Waals surface area contributed by atoms with Crippen LogP contribution in [0, 0.1) is 11.3 Å². The Balaban J connectivity index is 1.46. The van der Waals surface area contributed by atoms with Gasteiger partial charge in [-0.25, -0.2) is 19.4 Å². The number of amides is 1. The summed E-state index contributed by atoms with van der Waals surface area (Å²) in [6, 6.07) is 5.79. The molecule has 1 aliphatic rings. The Hall–Kier alpha value is -4.53. The maximum absolute atomic E-state index is 11.4. The van der Waals surface area contributed by atoms with Crippen LogP contribution in [0.5, 0.6) is 0 Å². The molecule has 184 valence electrons. The van der Waals surface area contributed by atoms with E-state index in [0.29, 0.717) is 36.4 Å². The van der Waals surface area contributed by atoms with Gasteiger partial charge in [-0.15, -0.1) is 5.10 Å². The fourth-order valence-corrected chi connectivity index (χ4v) is 4.62. The lowest BCUT2D eigenvalue weighted by Crippen LogP contribution is -2.43. The molecular weight excluding hydrogens is 460 g/mol. The summed E-state index contributed by atoms with van der Waals surface area (Å²) < 4.78 is 3.33. The van der Waals surface area contributed by atoms with E-state index < -0.39 is 6.09 Å². The molecule has 1 aliphatic heterocycles. The molecule has 36 heavy (non-hydrogen) atoms. The lowest BCUT2D eigenvalue weighted by atomic mass is 9.89.